The summed E-state index contributed by atoms with van der Waals surface area (Å²) in [5.74, 6) is 0.216. The molecule has 0 fully saturated rings. The van der Waals surface area contributed by atoms with Gasteiger partial charge in [0.2, 0.25) is 0 Å². The number of thiazole rings is 1. The third-order valence-electron chi connectivity index (χ3n) is 6.06. The highest BCUT2D eigenvalue weighted by Crippen LogP contribution is 2.31. The molecular weight excluding hydrogens is 460 g/mol. The van der Waals surface area contributed by atoms with E-state index in [-0.39, 0.29) is 12.2 Å². The van der Waals surface area contributed by atoms with E-state index in [1.54, 1.807) is 25.5 Å². The van der Waals surface area contributed by atoms with Crippen molar-refractivity contribution >= 4 is 34.2 Å². The van der Waals surface area contributed by atoms with Crippen LogP contribution < -0.4 is 19.6 Å². The van der Waals surface area contributed by atoms with Gasteiger partial charge in [-0.3, -0.25) is 9.36 Å². The van der Waals surface area contributed by atoms with Crippen LogP contribution in [0.15, 0.2) is 87.8 Å². The lowest BCUT2D eigenvalue weighted by Crippen LogP contribution is -2.39. The van der Waals surface area contributed by atoms with Gasteiger partial charge in [-0.2, -0.15) is 0 Å². The lowest BCUT2D eigenvalue weighted by molar-refractivity contribution is -0.139. The quantitative estimate of drug-likeness (QED) is 0.402. The second kappa shape index (κ2) is 9.35. The molecule has 0 saturated heterocycles. The average molecular weight is 485 g/mol. The summed E-state index contributed by atoms with van der Waals surface area (Å²) < 4.78 is 12.8. The molecule has 0 radical (unpaired) electrons. The Kier molecular flexibility index (Phi) is 6.09. The van der Waals surface area contributed by atoms with Crippen molar-refractivity contribution in [1.82, 2.24) is 4.57 Å². The lowest BCUT2D eigenvalue weighted by atomic mass is 9.96. The number of allylic oxidation sites excluding steroid dienone is 1. The molecule has 1 aliphatic heterocycles. The summed E-state index contributed by atoms with van der Waals surface area (Å²) in [6.07, 6.45) is 1.90. The molecule has 4 aromatic rings. The minimum atomic E-state index is -0.647. The molecule has 1 aromatic heterocycles. The van der Waals surface area contributed by atoms with Gasteiger partial charge < -0.3 is 9.47 Å². The highest BCUT2D eigenvalue weighted by Gasteiger charge is 2.33. The number of rotatable bonds is 5. The molecule has 7 heteroatoms. The number of hydrogen-bond acceptors (Lipinski definition) is 6. The van der Waals surface area contributed by atoms with Crippen LogP contribution in [0.2, 0.25) is 0 Å². The summed E-state index contributed by atoms with van der Waals surface area (Å²) in [4.78, 5) is 32.0. The molecule has 2 heterocycles. The number of ether oxygens (including phenoxy) is 2. The van der Waals surface area contributed by atoms with Crippen molar-refractivity contribution in [3.05, 3.63) is 109 Å². The molecule has 5 rings (SSSR count). The fourth-order valence-corrected chi connectivity index (χ4v) is 5.45. The Morgan fingerprint density at radius 2 is 1.83 bits per heavy atom. The maximum absolute atomic E-state index is 13.8. The zero-order valence-electron chi connectivity index (χ0n) is 19.6. The predicted molar refractivity (Wildman–Crippen MR) is 137 cm³/mol. The van der Waals surface area contributed by atoms with Crippen LogP contribution in [-0.2, 0) is 9.53 Å². The van der Waals surface area contributed by atoms with E-state index in [9.17, 15) is 9.59 Å². The zero-order chi connectivity index (χ0) is 24.5. The monoisotopic (exact) mass is 484 g/mol. The molecule has 0 unspecified atom stereocenters. The topological polar surface area (TPSA) is 69.9 Å². The number of carbonyl (C=O) groups excluding carboxylic acids is 1. The van der Waals surface area contributed by atoms with E-state index < -0.39 is 12.0 Å². The Labute approximate surface area is 206 Å². The Morgan fingerprint density at radius 1 is 1.09 bits per heavy atom. The zero-order valence-corrected chi connectivity index (χ0v) is 20.5. The van der Waals surface area contributed by atoms with Crippen LogP contribution in [0.3, 0.4) is 0 Å². The Balaban J connectivity index is 1.74. The molecule has 0 N–H and O–H groups in total. The number of hydrogen-bond donors (Lipinski definition) is 0. The molecule has 6 nitrogen and oxygen atoms in total. The third-order valence-corrected chi connectivity index (χ3v) is 7.04. The van der Waals surface area contributed by atoms with Crippen molar-refractivity contribution in [2.45, 2.75) is 19.9 Å². The van der Waals surface area contributed by atoms with Crippen LogP contribution in [0.5, 0.6) is 5.75 Å². The number of esters is 1. The molecule has 0 aliphatic carbocycles. The van der Waals surface area contributed by atoms with Gasteiger partial charge in [-0.05, 0) is 54.0 Å². The molecule has 1 atom stereocenters. The molecule has 35 heavy (non-hydrogen) atoms. The average Bonchev–Trinajstić information content (AvgIpc) is 3.18. The Bertz CT molecular complexity index is 1640. The number of benzene rings is 3. The van der Waals surface area contributed by atoms with Crippen molar-refractivity contribution in [3.63, 3.8) is 0 Å². The maximum atomic E-state index is 13.8. The third kappa shape index (κ3) is 4.08. The minimum Gasteiger partial charge on any atom is -0.497 e. The molecule has 0 spiro atoms. The van der Waals surface area contributed by atoms with Crippen LogP contribution >= 0.6 is 11.3 Å². The molecule has 0 saturated carbocycles. The summed E-state index contributed by atoms with van der Waals surface area (Å²) in [6, 6.07) is 20.8. The van der Waals surface area contributed by atoms with Gasteiger partial charge in [0.1, 0.15) is 5.75 Å². The highest BCUT2D eigenvalue weighted by atomic mass is 32.1. The number of aromatic nitrogens is 1. The van der Waals surface area contributed by atoms with Gasteiger partial charge in [-0.25, -0.2) is 9.79 Å². The first-order valence-corrected chi connectivity index (χ1v) is 12.1. The van der Waals surface area contributed by atoms with Crippen LogP contribution in [0, 0.1) is 0 Å². The molecule has 176 valence electrons. The molecule has 3 aromatic carbocycles. The molecule has 0 bridgehead atoms. The van der Waals surface area contributed by atoms with Crippen molar-refractivity contribution < 1.29 is 14.3 Å². The van der Waals surface area contributed by atoms with E-state index in [4.69, 9.17) is 9.47 Å². The highest BCUT2D eigenvalue weighted by molar-refractivity contribution is 7.07. The fourth-order valence-electron chi connectivity index (χ4n) is 4.41. The lowest BCUT2D eigenvalue weighted by Gasteiger charge is -2.24. The molecule has 1 aliphatic rings. The molecule has 0 amide bonds. The number of methoxy groups -OCH3 is 1. The van der Waals surface area contributed by atoms with E-state index >= 15 is 0 Å². The van der Waals surface area contributed by atoms with Gasteiger partial charge in [0.05, 0.1) is 35.6 Å². The van der Waals surface area contributed by atoms with E-state index in [1.165, 1.54) is 11.3 Å². The van der Waals surface area contributed by atoms with Gasteiger partial charge in [-0.15, -0.1) is 0 Å². The summed E-state index contributed by atoms with van der Waals surface area (Å²) in [6.45, 7) is 3.77. The van der Waals surface area contributed by atoms with E-state index in [1.807, 2.05) is 72.8 Å². The first-order valence-electron chi connectivity index (χ1n) is 11.3. The molecular formula is C28H24N2O4S. The summed E-state index contributed by atoms with van der Waals surface area (Å²) in [5, 5.41) is 2.17. The van der Waals surface area contributed by atoms with Crippen LogP contribution in [0.1, 0.15) is 31.0 Å². The van der Waals surface area contributed by atoms with Gasteiger partial charge in [0, 0.05) is 0 Å². The maximum Gasteiger partial charge on any atom is 0.338 e. The van der Waals surface area contributed by atoms with Crippen LogP contribution in [0.25, 0.3) is 16.8 Å². The normalized spacial score (nSPS) is 15.6. The van der Waals surface area contributed by atoms with E-state index in [0.29, 0.717) is 26.4 Å². The first kappa shape index (κ1) is 22.8. The van der Waals surface area contributed by atoms with E-state index in [2.05, 4.69) is 4.99 Å². The fraction of sp³-hybridized carbons (Fsp3) is 0.179. The van der Waals surface area contributed by atoms with Gasteiger partial charge in [0.25, 0.3) is 5.56 Å². The van der Waals surface area contributed by atoms with Crippen LogP contribution in [-0.4, -0.2) is 24.3 Å². The SMILES string of the molecule is CCOC(=O)C1=C(C)N=c2s/c(=C\c3cccc4ccccc34)c(=O)n2[C@H]1c1ccc(OC)cc1. The predicted octanol–water partition coefficient (Wildman–Crippen LogP) is 3.96. The van der Waals surface area contributed by atoms with Crippen molar-refractivity contribution in [1.29, 1.82) is 0 Å². The van der Waals surface area contributed by atoms with Crippen molar-refractivity contribution in [2.24, 2.45) is 4.99 Å². The summed E-state index contributed by atoms with van der Waals surface area (Å²) >= 11 is 1.32. The van der Waals surface area contributed by atoms with Crippen molar-refractivity contribution in [2.75, 3.05) is 13.7 Å². The van der Waals surface area contributed by atoms with Gasteiger partial charge in [0.15, 0.2) is 4.80 Å². The van der Waals surface area contributed by atoms with E-state index in [0.717, 1.165) is 21.9 Å². The number of carbonyl (C=O) groups is 1. The van der Waals surface area contributed by atoms with Crippen molar-refractivity contribution in [3.8, 4) is 5.75 Å². The minimum absolute atomic E-state index is 0.197. The largest absolute Gasteiger partial charge is 0.497 e. The standard InChI is InChI=1S/C28H24N2O4S/c1-4-34-27(32)24-17(2)29-28-30(25(24)19-12-14-21(33-3)15-13-19)26(31)23(35-28)16-20-10-7-9-18-8-5-6-11-22(18)20/h5-16,25H,4H2,1-3H3/b23-16-/t25-/m0/s1. The smallest absolute Gasteiger partial charge is 0.338 e. The summed E-state index contributed by atoms with van der Waals surface area (Å²) in [5.41, 5.74) is 2.44. The van der Waals surface area contributed by atoms with Gasteiger partial charge >= 0.3 is 5.97 Å². The number of fused-ring (bicyclic) bond motifs is 2. The first-order chi connectivity index (χ1) is 17.0. The second-order valence-electron chi connectivity index (χ2n) is 8.14. The second-order valence-corrected chi connectivity index (χ2v) is 9.15. The summed E-state index contributed by atoms with van der Waals surface area (Å²) in [7, 11) is 1.60. The Hall–Kier alpha value is -3.97. The van der Waals surface area contributed by atoms with Gasteiger partial charge in [-0.1, -0.05) is 65.9 Å². The Morgan fingerprint density at radius 3 is 2.57 bits per heavy atom. The number of nitrogens with zero attached hydrogens (tertiary/aromatic N) is 2. The van der Waals surface area contributed by atoms with Crippen LogP contribution in [0.4, 0.5) is 0 Å².